The number of nitrogens with zero attached hydrogens (tertiary/aromatic N) is 1. The van der Waals surface area contributed by atoms with Gasteiger partial charge in [0, 0.05) is 37.3 Å². The van der Waals surface area contributed by atoms with E-state index in [2.05, 4.69) is 4.90 Å². The molecule has 4 nitrogen and oxygen atoms in total. The maximum Gasteiger partial charge on any atom is 0.307 e. The molecule has 0 bridgehead atoms. The normalized spacial score (nSPS) is 28.4. The number of carbonyl (C=O) groups is 1. The van der Waals surface area contributed by atoms with Crippen LogP contribution in [0.1, 0.15) is 37.2 Å². The van der Waals surface area contributed by atoms with Gasteiger partial charge in [-0.05, 0) is 44.4 Å². The molecule has 1 aromatic rings. The Morgan fingerprint density at radius 2 is 1.92 bits per heavy atom. The predicted molar refractivity (Wildman–Crippen MR) is 84.9 cm³/mol. The minimum absolute atomic E-state index is 0.0867. The van der Waals surface area contributed by atoms with Gasteiger partial charge in [-0.2, -0.15) is 0 Å². The fourth-order valence-electron chi connectivity index (χ4n) is 4.15. The number of aliphatic carboxylic acids is 1. The summed E-state index contributed by atoms with van der Waals surface area (Å²) in [5, 5.41) is 9.57. The summed E-state index contributed by atoms with van der Waals surface area (Å²) in [6.07, 6.45) is 2.93. The molecule has 3 atom stereocenters. The third kappa shape index (κ3) is 3.44. The maximum atomic E-state index is 14.2. The number of carboxylic acids is 1. The van der Waals surface area contributed by atoms with Crippen molar-refractivity contribution >= 4 is 5.97 Å². The van der Waals surface area contributed by atoms with E-state index in [1.54, 1.807) is 0 Å². The Balaban J connectivity index is 1.80. The van der Waals surface area contributed by atoms with Gasteiger partial charge in [-0.15, -0.1) is 0 Å². The number of carboxylic acid groups (broad SMARTS) is 1. The van der Waals surface area contributed by atoms with Crippen LogP contribution in [0.5, 0.6) is 0 Å². The summed E-state index contributed by atoms with van der Waals surface area (Å²) in [6.45, 7) is 1.44. The molecule has 2 aliphatic rings. The molecule has 0 spiro atoms. The summed E-state index contributed by atoms with van der Waals surface area (Å²) >= 11 is 0. The number of benzene rings is 1. The Hall–Kier alpha value is -1.53. The number of hydrogen-bond acceptors (Lipinski definition) is 3. The van der Waals surface area contributed by atoms with Crippen molar-refractivity contribution in [2.45, 2.75) is 43.7 Å². The van der Waals surface area contributed by atoms with Crippen molar-refractivity contribution in [2.24, 2.45) is 5.92 Å². The Kier molecular flexibility index (Phi) is 5.15. The molecule has 1 aromatic carbocycles. The van der Waals surface area contributed by atoms with E-state index < -0.39 is 29.4 Å². The molecular formula is C18H23F2NO3. The first-order valence-electron chi connectivity index (χ1n) is 8.44. The first kappa shape index (κ1) is 17.3. The first-order chi connectivity index (χ1) is 11.5. The zero-order valence-corrected chi connectivity index (χ0v) is 13.8. The molecule has 1 aliphatic heterocycles. The van der Waals surface area contributed by atoms with Gasteiger partial charge in [0.25, 0.3) is 0 Å². The van der Waals surface area contributed by atoms with Crippen molar-refractivity contribution in [1.82, 2.24) is 4.90 Å². The third-order valence-corrected chi connectivity index (χ3v) is 5.56. The molecule has 6 heteroatoms. The minimum Gasteiger partial charge on any atom is -0.481 e. The summed E-state index contributed by atoms with van der Waals surface area (Å²) in [7, 11) is 2.02. The SMILES string of the molecule is CN(C1CCOCC1)[C@H]1C[C@@H](C(=O)O)[C@H](c2ccc(F)cc2F)C1. The Bertz CT molecular complexity index is 604. The summed E-state index contributed by atoms with van der Waals surface area (Å²) < 4.78 is 32.7. The van der Waals surface area contributed by atoms with Crippen LogP contribution in [-0.2, 0) is 9.53 Å². The van der Waals surface area contributed by atoms with Gasteiger partial charge >= 0.3 is 5.97 Å². The molecule has 2 fully saturated rings. The van der Waals surface area contributed by atoms with Crippen molar-refractivity contribution in [1.29, 1.82) is 0 Å². The van der Waals surface area contributed by atoms with Crippen molar-refractivity contribution < 1.29 is 23.4 Å². The van der Waals surface area contributed by atoms with Crippen LogP contribution in [0.15, 0.2) is 18.2 Å². The highest BCUT2D eigenvalue weighted by Gasteiger charge is 2.43. The molecular weight excluding hydrogens is 316 g/mol. The molecule has 1 aliphatic carbocycles. The summed E-state index contributed by atoms with van der Waals surface area (Å²) in [6, 6.07) is 3.89. The summed E-state index contributed by atoms with van der Waals surface area (Å²) in [5.41, 5.74) is 0.312. The Morgan fingerprint density at radius 1 is 1.21 bits per heavy atom. The second kappa shape index (κ2) is 7.15. The molecule has 0 unspecified atom stereocenters. The van der Waals surface area contributed by atoms with Crippen molar-refractivity contribution in [2.75, 3.05) is 20.3 Å². The lowest BCUT2D eigenvalue weighted by Crippen LogP contribution is -2.42. The minimum atomic E-state index is -0.911. The largest absolute Gasteiger partial charge is 0.481 e. The highest BCUT2D eigenvalue weighted by Crippen LogP contribution is 2.43. The van der Waals surface area contributed by atoms with Crippen molar-refractivity contribution in [3.63, 3.8) is 0 Å². The zero-order chi connectivity index (χ0) is 17.3. The number of hydrogen-bond donors (Lipinski definition) is 1. The van der Waals surface area contributed by atoms with Crippen LogP contribution in [0.25, 0.3) is 0 Å². The van der Waals surface area contributed by atoms with Crippen LogP contribution in [0, 0.1) is 17.6 Å². The van der Waals surface area contributed by atoms with Gasteiger partial charge in [-0.1, -0.05) is 6.07 Å². The Morgan fingerprint density at radius 3 is 2.54 bits per heavy atom. The van der Waals surface area contributed by atoms with E-state index >= 15 is 0 Å². The molecule has 132 valence electrons. The van der Waals surface area contributed by atoms with Crippen LogP contribution in [0.3, 0.4) is 0 Å². The first-order valence-corrected chi connectivity index (χ1v) is 8.44. The molecule has 3 rings (SSSR count). The standard InChI is InChI=1S/C18H23F2NO3/c1-21(12-4-6-24-7-5-12)13-9-15(16(10-13)18(22)23)14-3-2-11(19)8-17(14)20/h2-3,8,12-13,15-16H,4-7,9-10H2,1H3,(H,22,23)/t13-,15+,16-/m1/s1. The van der Waals surface area contributed by atoms with Crippen molar-refractivity contribution in [3.05, 3.63) is 35.4 Å². The zero-order valence-electron chi connectivity index (χ0n) is 13.8. The second-order valence-corrected chi connectivity index (χ2v) is 6.85. The number of rotatable bonds is 4. The highest BCUT2D eigenvalue weighted by molar-refractivity contribution is 5.72. The summed E-state index contributed by atoms with van der Waals surface area (Å²) in [4.78, 5) is 13.9. The van der Waals surface area contributed by atoms with E-state index in [4.69, 9.17) is 4.74 Å². The van der Waals surface area contributed by atoms with Gasteiger partial charge in [-0.3, -0.25) is 4.79 Å². The lowest BCUT2D eigenvalue weighted by Gasteiger charge is -2.35. The van der Waals surface area contributed by atoms with E-state index in [-0.39, 0.29) is 6.04 Å². The lowest BCUT2D eigenvalue weighted by molar-refractivity contribution is -0.142. The van der Waals surface area contributed by atoms with Crippen LogP contribution in [-0.4, -0.2) is 48.3 Å². The topological polar surface area (TPSA) is 49.8 Å². The molecule has 1 heterocycles. The van der Waals surface area contributed by atoms with Crippen molar-refractivity contribution in [3.8, 4) is 0 Å². The molecule has 0 radical (unpaired) electrons. The quantitative estimate of drug-likeness (QED) is 0.916. The maximum absolute atomic E-state index is 14.2. The smallest absolute Gasteiger partial charge is 0.307 e. The van der Waals surface area contributed by atoms with E-state index in [1.807, 2.05) is 7.05 Å². The predicted octanol–water partition coefficient (Wildman–Crippen LogP) is 3.02. The third-order valence-electron chi connectivity index (χ3n) is 5.56. The average molecular weight is 339 g/mol. The summed E-state index contributed by atoms with van der Waals surface area (Å²) in [5.74, 6) is -3.27. The van der Waals surface area contributed by atoms with Gasteiger partial charge < -0.3 is 14.7 Å². The van der Waals surface area contributed by atoms with Crippen LogP contribution < -0.4 is 0 Å². The second-order valence-electron chi connectivity index (χ2n) is 6.85. The lowest BCUT2D eigenvalue weighted by atomic mass is 9.88. The Labute approximate surface area is 140 Å². The van der Waals surface area contributed by atoms with Gasteiger partial charge in [-0.25, -0.2) is 8.78 Å². The number of ether oxygens (including phenoxy) is 1. The molecule has 24 heavy (non-hydrogen) atoms. The van der Waals surface area contributed by atoms with Crippen LogP contribution in [0.2, 0.25) is 0 Å². The molecule has 1 N–H and O–H groups in total. The monoisotopic (exact) mass is 339 g/mol. The van der Waals surface area contributed by atoms with Gasteiger partial charge in [0.2, 0.25) is 0 Å². The van der Waals surface area contributed by atoms with Crippen LogP contribution >= 0.6 is 0 Å². The van der Waals surface area contributed by atoms with Gasteiger partial charge in [0.15, 0.2) is 0 Å². The number of halogens is 2. The van der Waals surface area contributed by atoms with Crippen LogP contribution in [0.4, 0.5) is 8.78 Å². The highest BCUT2D eigenvalue weighted by atomic mass is 19.1. The van der Waals surface area contributed by atoms with E-state index in [1.165, 1.54) is 12.1 Å². The molecule has 0 amide bonds. The fraction of sp³-hybridized carbons (Fsp3) is 0.611. The van der Waals surface area contributed by atoms with E-state index in [0.717, 1.165) is 32.1 Å². The molecule has 0 aromatic heterocycles. The molecule has 1 saturated carbocycles. The van der Waals surface area contributed by atoms with E-state index in [0.29, 0.717) is 24.4 Å². The molecule has 1 saturated heterocycles. The average Bonchev–Trinajstić information content (AvgIpc) is 3.00. The van der Waals surface area contributed by atoms with E-state index in [9.17, 15) is 18.7 Å². The van der Waals surface area contributed by atoms with Gasteiger partial charge in [0.1, 0.15) is 11.6 Å². The van der Waals surface area contributed by atoms with Gasteiger partial charge in [0.05, 0.1) is 5.92 Å². The fourth-order valence-corrected chi connectivity index (χ4v) is 4.15.